The van der Waals surface area contributed by atoms with Crippen LogP contribution in [0.1, 0.15) is 30.1 Å². The number of hydrogen-bond donors (Lipinski definition) is 3. The molecule has 0 spiro atoms. The van der Waals surface area contributed by atoms with Crippen molar-refractivity contribution in [2.45, 2.75) is 19.8 Å². The normalized spacial score (nSPS) is 13.8. The number of sulfonamides is 1. The predicted molar refractivity (Wildman–Crippen MR) is 115 cm³/mol. The van der Waals surface area contributed by atoms with Gasteiger partial charge in [-0.25, -0.2) is 8.42 Å². The van der Waals surface area contributed by atoms with Gasteiger partial charge in [0.15, 0.2) is 0 Å². The summed E-state index contributed by atoms with van der Waals surface area (Å²) in [7, 11) is -3.58. The molecule has 154 valence electrons. The van der Waals surface area contributed by atoms with E-state index in [4.69, 9.17) is 0 Å². The van der Waals surface area contributed by atoms with Gasteiger partial charge in [-0.15, -0.1) is 0 Å². The molecule has 0 atom stereocenters. The van der Waals surface area contributed by atoms with E-state index in [1.165, 1.54) is 25.1 Å². The maximum Gasteiger partial charge on any atom is 0.257 e. The Labute approximate surface area is 170 Å². The van der Waals surface area contributed by atoms with Crippen LogP contribution in [0.3, 0.4) is 0 Å². The second-order valence-electron chi connectivity index (χ2n) is 7.01. The van der Waals surface area contributed by atoms with E-state index in [1.807, 2.05) is 18.2 Å². The monoisotopic (exact) mass is 416 g/mol. The van der Waals surface area contributed by atoms with Gasteiger partial charge in [0.2, 0.25) is 15.9 Å². The fourth-order valence-electron chi connectivity index (χ4n) is 3.26. The van der Waals surface area contributed by atoms with Crippen molar-refractivity contribution in [3.05, 3.63) is 48.0 Å². The van der Waals surface area contributed by atoms with Crippen molar-refractivity contribution in [1.29, 1.82) is 0 Å². The molecule has 2 amide bonds. The molecule has 0 aromatic heterocycles. The first-order chi connectivity index (χ1) is 13.7. The standard InChI is InChI=1S/C20H24N4O4S/c1-14(25)21-16-8-9-19(23-29(2,27)28)18(13-16)20(26)22-15-6-5-7-17(12-15)24-10-3-4-11-24/h5-9,12-13,23H,3-4,10-11H2,1-2H3,(H,21,25)(H,22,26). The third kappa shape index (κ3) is 5.71. The van der Waals surface area contributed by atoms with E-state index in [-0.39, 0.29) is 17.2 Å². The van der Waals surface area contributed by atoms with Gasteiger partial charge >= 0.3 is 0 Å². The third-order valence-corrected chi connectivity index (χ3v) is 5.05. The maximum absolute atomic E-state index is 12.9. The van der Waals surface area contributed by atoms with Crippen LogP contribution < -0.4 is 20.3 Å². The number of amides is 2. The maximum atomic E-state index is 12.9. The Kier molecular flexibility index (Phi) is 6.07. The van der Waals surface area contributed by atoms with Crippen molar-refractivity contribution >= 4 is 44.6 Å². The highest BCUT2D eigenvalue weighted by Gasteiger charge is 2.17. The average molecular weight is 417 g/mol. The summed E-state index contributed by atoms with van der Waals surface area (Å²) in [5.41, 5.74) is 2.27. The van der Waals surface area contributed by atoms with E-state index in [0.717, 1.165) is 37.9 Å². The summed E-state index contributed by atoms with van der Waals surface area (Å²) in [4.78, 5) is 26.5. The third-order valence-electron chi connectivity index (χ3n) is 4.46. The van der Waals surface area contributed by atoms with Crippen molar-refractivity contribution < 1.29 is 18.0 Å². The van der Waals surface area contributed by atoms with E-state index in [9.17, 15) is 18.0 Å². The molecule has 1 aliphatic rings. The highest BCUT2D eigenvalue weighted by molar-refractivity contribution is 7.92. The molecule has 9 heteroatoms. The minimum absolute atomic E-state index is 0.105. The molecule has 0 radical (unpaired) electrons. The first-order valence-corrected chi connectivity index (χ1v) is 11.2. The Morgan fingerprint density at radius 2 is 1.66 bits per heavy atom. The number of rotatable bonds is 6. The molecule has 1 saturated heterocycles. The molecule has 1 aliphatic heterocycles. The van der Waals surface area contributed by atoms with Gasteiger partial charge in [-0.3, -0.25) is 14.3 Å². The van der Waals surface area contributed by atoms with E-state index < -0.39 is 15.9 Å². The molecular weight excluding hydrogens is 392 g/mol. The SMILES string of the molecule is CC(=O)Nc1ccc(NS(C)(=O)=O)c(C(=O)Nc2cccc(N3CCCC3)c2)c1. The van der Waals surface area contributed by atoms with Crippen LogP contribution in [0, 0.1) is 0 Å². The van der Waals surface area contributed by atoms with Crippen LogP contribution in [0.5, 0.6) is 0 Å². The molecular formula is C20H24N4O4S. The fourth-order valence-corrected chi connectivity index (χ4v) is 3.83. The number of nitrogens with zero attached hydrogens (tertiary/aromatic N) is 1. The number of benzene rings is 2. The lowest BCUT2D eigenvalue weighted by molar-refractivity contribution is -0.114. The molecule has 1 heterocycles. The Morgan fingerprint density at radius 1 is 0.966 bits per heavy atom. The van der Waals surface area contributed by atoms with Crippen molar-refractivity contribution in [2.75, 3.05) is 39.6 Å². The molecule has 29 heavy (non-hydrogen) atoms. The van der Waals surface area contributed by atoms with Crippen molar-refractivity contribution in [1.82, 2.24) is 0 Å². The summed E-state index contributed by atoms with van der Waals surface area (Å²) in [6, 6.07) is 11.9. The van der Waals surface area contributed by atoms with Gasteiger partial charge in [0.25, 0.3) is 5.91 Å². The van der Waals surface area contributed by atoms with Crippen LogP contribution in [0.15, 0.2) is 42.5 Å². The van der Waals surface area contributed by atoms with Gasteiger partial charge in [0.05, 0.1) is 17.5 Å². The highest BCUT2D eigenvalue weighted by Crippen LogP contribution is 2.26. The number of carbonyl (C=O) groups is 2. The zero-order valence-electron chi connectivity index (χ0n) is 16.4. The Hall–Kier alpha value is -3.07. The van der Waals surface area contributed by atoms with Gasteiger partial charge in [0, 0.05) is 37.1 Å². The van der Waals surface area contributed by atoms with Crippen LogP contribution in [-0.2, 0) is 14.8 Å². The lowest BCUT2D eigenvalue weighted by Gasteiger charge is -2.19. The topological polar surface area (TPSA) is 108 Å². The van der Waals surface area contributed by atoms with Crippen LogP contribution in [-0.4, -0.2) is 39.6 Å². The molecule has 2 aromatic carbocycles. The van der Waals surface area contributed by atoms with Gasteiger partial charge < -0.3 is 15.5 Å². The van der Waals surface area contributed by atoms with Crippen LogP contribution >= 0.6 is 0 Å². The van der Waals surface area contributed by atoms with Crippen molar-refractivity contribution in [3.63, 3.8) is 0 Å². The van der Waals surface area contributed by atoms with Crippen molar-refractivity contribution in [2.24, 2.45) is 0 Å². The lowest BCUT2D eigenvalue weighted by atomic mass is 10.1. The first-order valence-electron chi connectivity index (χ1n) is 9.27. The number of nitrogens with one attached hydrogen (secondary N) is 3. The fraction of sp³-hybridized carbons (Fsp3) is 0.300. The Balaban J connectivity index is 1.88. The molecule has 0 aliphatic carbocycles. The van der Waals surface area contributed by atoms with Gasteiger partial charge in [-0.2, -0.15) is 0 Å². The summed E-state index contributed by atoms with van der Waals surface area (Å²) < 4.78 is 25.7. The minimum atomic E-state index is -3.58. The van der Waals surface area contributed by atoms with Crippen LogP contribution in [0.4, 0.5) is 22.7 Å². The molecule has 8 nitrogen and oxygen atoms in total. The van der Waals surface area contributed by atoms with Gasteiger partial charge in [-0.1, -0.05) is 6.07 Å². The van der Waals surface area contributed by atoms with Crippen LogP contribution in [0.25, 0.3) is 0 Å². The quantitative estimate of drug-likeness (QED) is 0.671. The van der Waals surface area contributed by atoms with E-state index in [2.05, 4.69) is 20.3 Å². The lowest BCUT2D eigenvalue weighted by Crippen LogP contribution is -2.19. The summed E-state index contributed by atoms with van der Waals surface area (Å²) in [5.74, 6) is -0.777. The molecule has 3 N–H and O–H groups in total. The summed E-state index contributed by atoms with van der Waals surface area (Å²) >= 11 is 0. The zero-order valence-corrected chi connectivity index (χ0v) is 17.2. The molecule has 0 unspecified atom stereocenters. The minimum Gasteiger partial charge on any atom is -0.371 e. The van der Waals surface area contributed by atoms with Gasteiger partial charge in [0.1, 0.15) is 0 Å². The first kappa shape index (κ1) is 20.7. The smallest absolute Gasteiger partial charge is 0.257 e. The Bertz CT molecular complexity index is 1030. The van der Waals surface area contributed by atoms with E-state index >= 15 is 0 Å². The molecule has 1 fully saturated rings. The second kappa shape index (κ2) is 8.52. The summed E-state index contributed by atoms with van der Waals surface area (Å²) in [6.07, 6.45) is 3.30. The van der Waals surface area contributed by atoms with E-state index in [0.29, 0.717) is 11.4 Å². The average Bonchev–Trinajstić information content (AvgIpc) is 3.16. The second-order valence-corrected chi connectivity index (χ2v) is 8.76. The number of carbonyl (C=O) groups excluding carboxylic acids is 2. The zero-order chi connectivity index (χ0) is 21.0. The molecule has 2 aromatic rings. The van der Waals surface area contributed by atoms with Crippen LogP contribution in [0.2, 0.25) is 0 Å². The van der Waals surface area contributed by atoms with Crippen molar-refractivity contribution in [3.8, 4) is 0 Å². The summed E-state index contributed by atoms with van der Waals surface area (Å²) in [5, 5.41) is 5.41. The molecule has 3 rings (SSSR count). The molecule has 0 bridgehead atoms. The van der Waals surface area contributed by atoms with Gasteiger partial charge in [-0.05, 0) is 49.2 Å². The number of hydrogen-bond acceptors (Lipinski definition) is 5. The summed E-state index contributed by atoms with van der Waals surface area (Å²) in [6.45, 7) is 3.32. The predicted octanol–water partition coefficient (Wildman–Crippen LogP) is 2.87. The number of anilines is 4. The molecule has 0 saturated carbocycles. The largest absolute Gasteiger partial charge is 0.371 e. The Morgan fingerprint density at radius 3 is 2.31 bits per heavy atom. The van der Waals surface area contributed by atoms with E-state index in [1.54, 1.807) is 6.07 Å². The highest BCUT2D eigenvalue weighted by atomic mass is 32.2.